The van der Waals surface area contributed by atoms with Crippen LogP contribution in [0.15, 0.2) is 35.3 Å². The van der Waals surface area contributed by atoms with Gasteiger partial charge in [-0.1, -0.05) is 19.1 Å². The van der Waals surface area contributed by atoms with Gasteiger partial charge in [0.2, 0.25) is 5.88 Å². The van der Waals surface area contributed by atoms with Crippen LogP contribution in [0.25, 0.3) is 5.65 Å². The highest BCUT2D eigenvalue weighted by molar-refractivity contribution is 5.50. The Morgan fingerprint density at radius 1 is 1.35 bits per heavy atom. The molecule has 3 rings (SSSR count). The number of hydrogen-bond acceptors (Lipinski definition) is 5. The third-order valence-electron chi connectivity index (χ3n) is 3.73. The molecule has 0 radical (unpaired) electrons. The number of H-pyrrole nitrogens is 1. The minimum Gasteiger partial charge on any atom is -0.493 e. The van der Waals surface area contributed by atoms with E-state index in [1.165, 1.54) is 16.6 Å². The zero-order chi connectivity index (χ0) is 16.6. The number of hydrogen-bond donors (Lipinski definition) is 2. The number of nitrogens with zero attached hydrogens (tertiary/aromatic N) is 3. The number of benzene rings is 1. The Kier molecular flexibility index (Phi) is 3.57. The van der Waals surface area contributed by atoms with Crippen molar-refractivity contribution in [1.29, 1.82) is 0 Å². The van der Waals surface area contributed by atoms with Crippen LogP contribution >= 0.6 is 0 Å². The van der Waals surface area contributed by atoms with Crippen LogP contribution in [0.3, 0.4) is 0 Å². The van der Waals surface area contributed by atoms with Crippen molar-refractivity contribution >= 4 is 11.3 Å². The third kappa shape index (κ3) is 2.54. The van der Waals surface area contributed by atoms with Gasteiger partial charge in [-0.15, -0.1) is 0 Å². The van der Waals surface area contributed by atoms with E-state index in [1.54, 1.807) is 18.3 Å². The molecular weight excluding hydrogens is 300 g/mol. The fourth-order valence-corrected chi connectivity index (χ4v) is 2.45. The predicted octanol–water partition coefficient (Wildman–Crippen LogP) is 1.79. The van der Waals surface area contributed by atoms with Crippen molar-refractivity contribution in [1.82, 2.24) is 14.6 Å². The summed E-state index contributed by atoms with van der Waals surface area (Å²) in [5.74, 6) is -0.221. The molecule has 3 aromatic rings. The van der Waals surface area contributed by atoms with Crippen LogP contribution in [-0.4, -0.2) is 24.6 Å². The second-order valence-electron chi connectivity index (χ2n) is 5.14. The van der Waals surface area contributed by atoms with E-state index in [0.29, 0.717) is 17.6 Å². The molecule has 118 valence electrons. The average molecular weight is 314 g/mol. The lowest BCUT2D eigenvalue weighted by molar-refractivity contribution is -0.384. The van der Waals surface area contributed by atoms with Crippen LogP contribution in [0.4, 0.5) is 5.69 Å². The summed E-state index contributed by atoms with van der Waals surface area (Å²) < 4.78 is 1.29. The molecule has 0 spiro atoms. The summed E-state index contributed by atoms with van der Waals surface area (Å²) in [5, 5.41) is 25.0. The van der Waals surface area contributed by atoms with E-state index >= 15 is 0 Å². The molecule has 0 atom stereocenters. The monoisotopic (exact) mass is 314 g/mol. The van der Waals surface area contributed by atoms with Gasteiger partial charge in [-0.2, -0.15) is 9.61 Å². The quantitative estimate of drug-likeness (QED) is 0.563. The molecule has 0 aliphatic carbocycles. The molecule has 0 aliphatic rings. The van der Waals surface area contributed by atoms with E-state index in [4.69, 9.17) is 0 Å². The van der Waals surface area contributed by atoms with Crippen molar-refractivity contribution in [3.05, 3.63) is 67.6 Å². The molecule has 2 heterocycles. The Bertz CT molecular complexity index is 941. The highest BCUT2D eigenvalue weighted by atomic mass is 16.6. The summed E-state index contributed by atoms with van der Waals surface area (Å²) in [6.45, 7) is 1.93. The van der Waals surface area contributed by atoms with Crippen molar-refractivity contribution in [2.24, 2.45) is 0 Å². The largest absolute Gasteiger partial charge is 0.493 e. The number of nitro groups is 1. The molecule has 23 heavy (non-hydrogen) atoms. The van der Waals surface area contributed by atoms with Crippen LogP contribution in [0.2, 0.25) is 0 Å². The topological polar surface area (TPSA) is 114 Å². The maximum atomic E-state index is 12.2. The lowest BCUT2D eigenvalue weighted by Crippen LogP contribution is -2.16. The first kappa shape index (κ1) is 14.8. The van der Waals surface area contributed by atoms with Crippen LogP contribution in [0.5, 0.6) is 5.88 Å². The molecule has 0 fully saturated rings. The predicted molar refractivity (Wildman–Crippen MR) is 82.8 cm³/mol. The number of aromatic nitrogens is 3. The van der Waals surface area contributed by atoms with Crippen LogP contribution in [0.1, 0.15) is 23.6 Å². The van der Waals surface area contributed by atoms with Gasteiger partial charge < -0.3 is 10.1 Å². The molecule has 0 saturated carbocycles. The van der Waals surface area contributed by atoms with Gasteiger partial charge in [0.15, 0.2) is 0 Å². The lowest BCUT2D eigenvalue weighted by Gasteiger charge is -2.06. The van der Waals surface area contributed by atoms with Gasteiger partial charge >= 0.3 is 0 Å². The van der Waals surface area contributed by atoms with Crippen LogP contribution in [0, 0.1) is 10.1 Å². The first-order valence-electron chi connectivity index (χ1n) is 7.05. The fourth-order valence-electron chi connectivity index (χ4n) is 2.45. The molecule has 0 bridgehead atoms. The Morgan fingerprint density at radius 3 is 2.65 bits per heavy atom. The van der Waals surface area contributed by atoms with Gasteiger partial charge in [0, 0.05) is 24.1 Å². The minimum absolute atomic E-state index is 0.0259. The second-order valence-corrected chi connectivity index (χ2v) is 5.14. The summed E-state index contributed by atoms with van der Waals surface area (Å²) >= 11 is 0. The average Bonchev–Trinajstić information content (AvgIpc) is 2.94. The standard InChI is InChI=1S/C15H14N4O4/c1-2-10-8-16-18-13(10)17-14(20)12(15(18)21)7-9-3-5-11(6-4-9)19(22)23/h3-6,8,21H,2,7H2,1H3,(H,17,20). The summed E-state index contributed by atoms with van der Waals surface area (Å²) in [6.07, 6.45) is 2.43. The van der Waals surface area contributed by atoms with Crippen molar-refractivity contribution in [2.45, 2.75) is 19.8 Å². The van der Waals surface area contributed by atoms with Crippen molar-refractivity contribution < 1.29 is 10.0 Å². The number of non-ortho nitro benzene ring substituents is 1. The molecule has 8 nitrogen and oxygen atoms in total. The van der Waals surface area contributed by atoms with Gasteiger partial charge in [0.1, 0.15) is 5.65 Å². The van der Waals surface area contributed by atoms with Crippen LogP contribution in [-0.2, 0) is 12.8 Å². The van der Waals surface area contributed by atoms with E-state index < -0.39 is 10.5 Å². The minimum atomic E-state index is -0.490. The molecule has 1 aromatic carbocycles. The number of aromatic hydroxyl groups is 1. The zero-order valence-electron chi connectivity index (χ0n) is 12.3. The SMILES string of the molecule is CCc1cnn2c(O)c(Cc3ccc([N+](=O)[O-])cc3)c(=O)[nH]c12. The van der Waals surface area contributed by atoms with Gasteiger partial charge in [0.25, 0.3) is 11.2 Å². The lowest BCUT2D eigenvalue weighted by atomic mass is 10.1. The molecular formula is C15H14N4O4. The highest BCUT2D eigenvalue weighted by Gasteiger charge is 2.16. The molecule has 8 heteroatoms. The van der Waals surface area contributed by atoms with Crippen molar-refractivity contribution in [3.8, 4) is 5.88 Å². The van der Waals surface area contributed by atoms with Gasteiger partial charge in [0.05, 0.1) is 16.7 Å². The first-order valence-corrected chi connectivity index (χ1v) is 7.05. The van der Waals surface area contributed by atoms with Crippen LogP contribution < -0.4 is 5.56 Å². The maximum absolute atomic E-state index is 12.2. The molecule has 0 saturated heterocycles. The van der Waals surface area contributed by atoms with E-state index in [9.17, 15) is 20.0 Å². The number of nitrogens with one attached hydrogen (secondary N) is 1. The highest BCUT2D eigenvalue weighted by Crippen LogP contribution is 2.20. The zero-order valence-corrected chi connectivity index (χ0v) is 12.3. The molecule has 2 aromatic heterocycles. The second kappa shape index (κ2) is 5.56. The molecule has 2 N–H and O–H groups in total. The number of nitro benzene ring substituents is 1. The van der Waals surface area contributed by atoms with E-state index in [2.05, 4.69) is 10.1 Å². The molecule has 0 unspecified atom stereocenters. The van der Waals surface area contributed by atoms with Gasteiger partial charge in [-0.25, -0.2) is 0 Å². The number of aryl methyl sites for hydroxylation is 1. The number of rotatable bonds is 4. The van der Waals surface area contributed by atoms with E-state index in [1.807, 2.05) is 6.92 Å². The third-order valence-corrected chi connectivity index (χ3v) is 3.73. The number of aromatic amines is 1. The molecule has 0 amide bonds. The summed E-state index contributed by atoms with van der Waals surface area (Å²) in [6, 6.07) is 5.84. The Balaban J connectivity index is 2.03. The summed E-state index contributed by atoms with van der Waals surface area (Å²) in [5.41, 5.74) is 1.73. The van der Waals surface area contributed by atoms with Crippen molar-refractivity contribution in [2.75, 3.05) is 0 Å². The fraction of sp³-hybridized carbons (Fsp3) is 0.200. The molecule has 0 aliphatic heterocycles. The number of fused-ring (bicyclic) bond motifs is 1. The summed E-state index contributed by atoms with van der Waals surface area (Å²) in [4.78, 5) is 25.1. The summed E-state index contributed by atoms with van der Waals surface area (Å²) in [7, 11) is 0. The first-order chi connectivity index (χ1) is 11.0. The smallest absolute Gasteiger partial charge is 0.269 e. The normalized spacial score (nSPS) is 11.0. The van der Waals surface area contributed by atoms with Gasteiger partial charge in [-0.3, -0.25) is 14.9 Å². The van der Waals surface area contributed by atoms with E-state index in [-0.39, 0.29) is 23.6 Å². The van der Waals surface area contributed by atoms with Crippen molar-refractivity contribution in [3.63, 3.8) is 0 Å². The Morgan fingerprint density at radius 2 is 2.04 bits per heavy atom. The maximum Gasteiger partial charge on any atom is 0.269 e. The Hall–Kier alpha value is -3.16. The Labute approximate surface area is 130 Å². The van der Waals surface area contributed by atoms with E-state index in [0.717, 1.165) is 5.56 Å². The van der Waals surface area contributed by atoms with Gasteiger partial charge in [-0.05, 0) is 12.0 Å².